The van der Waals surface area contributed by atoms with Crippen LogP contribution < -0.4 is 5.32 Å². The van der Waals surface area contributed by atoms with Crippen LogP contribution in [0.4, 0.5) is 0 Å². The molecule has 33 heavy (non-hydrogen) atoms. The van der Waals surface area contributed by atoms with Gasteiger partial charge in [-0.05, 0) is 42.7 Å². The number of likely N-dealkylation sites (tertiary alicyclic amines) is 1. The molecule has 0 radical (unpaired) electrons. The Morgan fingerprint density at radius 2 is 1.94 bits per heavy atom. The first-order valence-electron chi connectivity index (χ1n) is 11.1. The number of benzene rings is 1. The molecule has 0 bridgehead atoms. The lowest BCUT2D eigenvalue weighted by molar-refractivity contribution is -0.124. The summed E-state index contributed by atoms with van der Waals surface area (Å²) in [5.74, 6) is 0.920. The predicted molar refractivity (Wildman–Crippen MR) is 131 cm³/mol. The summed E-state index contributed by atoms with van der Waals surface area (Å²) in [6.45, 7) is 3.01. The predicted octanol–water partition coefficient (Wildman–Crippen LogP) is 3.98. The lowest BCUT2D eigenvalue weighted by Crippen LogP contribution is -2.53. The Morgan fingerprint density at radius 1 is 1.15 bits per heavy atom. The number of nitrogens with one attached hydrogen (secondary N) is 1. The maximum absolute atomic E-state index is 12.9. The number of carbonyl (C=O) groups is 1. The second-order valence-corrected chi connectivity index (χ2v) is 9.25. The van der Waals surface area contributed by atoms with Crippen molar-refractivity contribution in [3.05, 3.63) is 70.1 Å². The quantitative estimate of drug-likeness (QED) is 0.463. The second kappa shape index (κ2) is 12.3. The van der Waals surface area contributed by atoms with Crippen molar-refractivity contribution < 1.29 is 13.9 Å². The van der Waals surface area contributed by atoms with Crippen LogP contribution in [0.3, 0.4) is 0 Å². The van der Waals surface area contributed by atoms with Gasteiger partial charge in [-0.25, -0.2) is 0 Å². The van der Waals surface area contributed by atoms with Gasteiger partial charge in [0, 0.05) is 38.0 Å². The molecule has 0 spiro atoms. The van der Waals surface area contributed by atoms with Crippen LogP contribution in [-0.2, 0) is 34.5 Å². The molecule has 4 rings (SSSR count). The van der Waals surface area contributed by atoms with Crippen molar-refractivity contribution in [2.75, 3.05) is 26.7 Å². The molecule has 3 heterocycles. The molecule has 1 aliphatic heterocycles. The fourth-order valence-corrected chi connectivity index (χ4v) is 4.83. The maximum Gasteiger partial charge on any atom is 0.242 e. The highest BCUT2D eigenvalue weighted by atomic mass is 35.5. The van der Waals surface area contributed by atoms with E-state index in [0.29, 0.717) is 24.6 Å². The van der Waals surface area contributed by atoms with E-state index < -0.39 is 5.54 Å². The van der Waals surface area contributed by atoms with Gasteiger partial charge in [0.2, 0.25) is 17.7 Å². The summed E-state index contributed by atoms with van der Waals surface area (Å²) >= 11 is 1.80. The molecule has 0 atom stereocenters. The van der Waals surface area contributed by atoms with Crippen molar-refractivity contribution >= 4 is 29.7 Å². The average molecular weight is 491 g/mol. The number of nitrogens with zero attached hydrogens (tertiary/aromatic N) is 3. The van der Waals surface area contributed by atoms with Gasteiger partial charge in [0.15, 0.2) is 0 Å². The highest BCUT2D eigenvalue weighted by Crippen LogP contribution is 2.33. The molecule has 1 N–H and O–H groups in total. The third kappa shape index (κ3) is 6.86. The number of carbonyl (C=O) groups excluding carboxylic acids is 1. The Morgan fingerprint density at radius 3 is 2.64 bits per heavy atom. The second-order valence-electron chi connectivity index (χ2n) is 8.22. The van der Waals surface area contributed by atoms with Crippen LogP contribution in [0, 0.1) is 0 Å². The Labute approximate surface area is 204 Å². The summed E-state index contributed by atoms with van der Waals surface area (Å²) in [5.41, 5.74) is 0.520. The number of halogens is 1. The minimum absolute atomic E-state index is 0. The van der Waals surface area contributed by atoms with Gasteiger partial charge in [-0.15, -0.1) is 33.9 Å². The highest BCUT2D eigenvalue weighted by Gasteiger charge is 2.42. The standard InChI is InChI=1S/C24H30N4O3S.ClH/c1-30-18-22-26-27-23(31-22)24(25-21(29)10-9-19-6-3-2-4-7-19)12-15-28(16-13-24)14-11-20-8-5-17-32-20;/h2-8,17H,9-16,18H2,1H3,(H,25,29);1H. The van der Waals surface area contributed by atoms with Crippen LogP contribution in [-0.4, -0.2) is 47.7 Å². The molecule has 1 aromatic carbocycles. The number of aromatic nitrogens is 2. The van der Waals surface area contributed by atoms with Gasteiger partial charge in [0.05, 0.1) is 0 Å². The van der Waals surface area contributed by atoms with Gasteiger partial charge >= 0.3 is 0 Å². The van der Waals surface area contributed by atoms with Crippen molar-refractivity contribution in [2.24, 2.45) is 0 Å². The van der Waals surface area contributed by atoms with Crippen molar-refractivity contribution in [1.82, 2.24) is 20.4 Å². The third-order valence-corrected chi connectivity index (χ3v) is 6.91. The largest absolute Gasteiger partial charge is 0.420 e. The molecule has 9 heteroatoms. The molecule has 1 amide bonds. The summed E-state index contributed by atoms with van der Waals surface area (Å²) in [4.78, 5) is 16.8. The molecule has 1 aliphatic rings. The van der Waals surface area contributed by atoms with Gasteiger partial charge in [0.1, 0.15) is 12.1 Å². The monoisotopic (exact) mass is 490 g/mol. The first-order valence-corrected chi connectivity index (χ1v) is 12.0. The van der Waals surface area contributed by atoms with Gasteiger partial charge in [0.25, 0.3) is 0 Å². The Balaban J connectivity index is 0.00000306. The number of ether oxygens (including phenoxy) is 1. The first-order chi connectivity index (χ1) is 15.7. The number of methoxy groups -OCH3 is 1. The van der Waals surface area contributed by atoms with E-state index in [-0.39, 0.29) is 24.9 Å². The number of thiophene rings is 1. The fraction of sp³-hybridized carbons (Fsp3) is 0.458. The summed E-state index contributed by atoms with van der Waals surface area (Å²) in [5, 5.41) is 13.8. The molecule has 0 aliphatic carbocycles. The molecule has 3 aromatic rings. The van der Waals surface area contributed by atoms with Crippen LogP contribution in [0.25, 0.3) is 0 Å². The fourth-order valence-electron chi connectivity index (χ4n) is 4.13. The van der Waals surface area contributed by atoms with Crippen molar-refractivity contribution in [1.29, 1.82) is 0 Å². The van der Waals surface area contributed by atoms with E-state index in [4.69, 9.17) is 9.15 Å². The van der Waals surface area contributed by atoms with Gasteiger partial charge in [-0.3, -0.25) is 4.79 Å². The number of piperidine rings is 1. The smallest absolute Gasteiger partial charge is 0.242 e. The van der Waals surface area contributed by atoms with E-state index in [1.54, 1.807) is 18.4 Å². The molecule has 0 saturated carbocycles. The van der Waals surface area contributed by atoms with Crippen molar-refractivity contribution in [2.45, 2.75) is 44.2 Å². The number of hydrogen-bond donors (Lipinski definition) is 1. The summed E-state index contributed by atoms with van der Waals surface area (Å²) in [6, 6.07) is 14.3. The van der Waals surface area contributed by atoms with E-state index in [9.17, 15) is 4.79 Å². The Bertz CT molecular complexity index is 973. The Hall–Kier alpha value is -2.26. The van der Waals surface area contributed by atoms with Gasteiger partial charge in [-0.1, -0.05) is 36.4 Å². The highest BCUT2D eigenvalue weighted by molar-refractivity contribution is 7.09. The van der Waals surface area contributed by atoms with Gasteiger partial charge < -0.3 is 19.4 Å². The summed E-state index contributed by atoms with van der Waals surface area (Å²) in [7, 11) is 1.59. The molecule has 7 nitrogen and oxygen atoms in total. The third-order valence-electron chi connectivity index (χ3n) is 5.97. The van der Waals surface area contributed by atoms with Crippen LogP contribution in [0.15, 0.2) is 52.3 Å². The van der Waals surface area contributed by atoms with Gasteiger partial charge in [-0.2, -0.15) is 0 Å². The van der Waals surface area contributed by atoms with Crippen LogP contribution in [0.2, 0.25) is 0 Å². The van der Waals surface area contributed by atoms with Crippen LogP contribution >= 0.6 is 23.7 Å². The van der Waals surface area contributed by atoms with E-state index >= 15 is 0 Å². The van der Waals surface area contributed by atoms with E-state index in [1.807, 2.05) is 30.3 Å². The zero-order chi connectivity index (χ0) is 22.2. The molecule has 1 saturated heterocycles. The maximum atomic E-state index is 12.9. The number of hydrogen-bond acceptors (Lipinski definition) is 7. The molecule has 178 valence electrons. The average Bonchev–Trinajstić information content (AvgIpc) is 3.51. The van der Waals surface area contributed by atoms with Crippen LogP contribution in [0.1, 0.15) is 41.5 Å². The normalized spacial score (nSPS) is 15.7. The molecular formula is C24H31ClN4O3S. The van der Waals surface area contributed by atoms with Crippen molar-refractivity contribution in [3.8, 4) is 0 Å². The molecule has 2 aromatic heterocycles. The Kier molecular flexibility index (Phi) is 9.43. The molecule has 1 fully saturated rings. The number of amides is 1. The number of aryl methyl sites for hydroxylation is 1. The first kappa shape index (κ1) is 25.4. The summed E-state index contributed by atoms with van der Waals surface area (Å²) < 4.78 is 11.0. The van der Waals surface area contributed by atoms with E-state index in [2.05, 4.69) is 37.9 Å². The zero-order valence-electron chi connectivity index (χ0n) is 18.9. The minimum Gasteiger partial charge on any atom is -0.420 e. The van der Waals surface area contributed by atoms with E-state index in [1.165, 1.54) is 4.88 Å². The number of rotatable bonds is 10. The SMILES string of the molecule is COCc1nnc(C2(NC(=O)CCc3ccccc3)CCN(CCc3cccs3)CC2)o1.Cl. The molecule has 0 unspecified atom stereocenters. The minimum atomic E-state index is -0.633. The summed E-state index contributed by atoms with van der Waals surface area (Å²) in [6.07, 6.45) is 3.65. The lowest BCUT2D eigenvalue weighted by Gasteiger charge is -2.40. The molecular weight excluding hydrogens is 460 g/mol. The van der Waals surface area contributed by atoms with Crippen LogP contribution in [0.5, 0.6) is 0 Å². The zero-order valence-corrected chi connectivity index (χ0v) is 20.5. The van der Waals surface area contributed by atoms with E-state index in [0.717, 1.165) is 44.5 Å². The lowest BCUT2D eigenvalue weighted by atomic mass is 9.86. The van der Waals surface area contributed by atoms with Crippen molar-refractivity contribution in [3.63, 3.8) is 0 Å². The topological polar surface area (TPSA) is 80.5 Å².